The average Bonchev–Trinajstić information content (AvgIpc) is 3.42. The zero-order valence-corrected chi connectivity index (χ0v) is 19.9. The number of rotatable bonds is 6. The molecule has 0 saturated carbocycles. The SMILES string of the molecule is Cc1cc(/C=[NH+]/N=C(N)N)c(C)n1-c1cc(S(=O)(=O)N2CCOCC2)ccc1N1CCCC1. The van der Waals surface area contributed by atoms with Gasteiger partial charge < -0.3 is 25.7 Å². The Hall–Kier alpha value is -2.89. The zero-order chi connectivity index (χ0) is 23.6. The molecule has 33 heavy (non-hydrogen) atoms. The van der Waals surface area contributed by atoms with Gasteiger partial charge in [0.25, 0.3) is 5.96 Å². The second kappa shape index (κ2) is 9.54. The van der Waals surface area contributed by atoms with Gasteiger partial charge in [-0.15, -0.1) is 5.10 Å². The standard InChI is InChI=1S/C22H31N7O3S/c1-16-13-18(15-25-26-22(23)24)17(2)29(16)21-14-19(5-6-20(21)27-7-3-4-8-27)33(30,31)28-9-11-32-12-10-28/h5-6,13-15H,3-4,7-12H2,1-2H3,(H4,23,24,26)/p+1/b25-15+. The third kappa shape index (κ3) is 4.75. The number of sulfonamides is 1. The summed E-state index contributed by atoms with van der Waals surface area (Å²) in [5, 5.41) is 6.56. The topological polar surface area (TPSA) is 133 Å². The lowest BCUT2D eigenvalue weighted by molar-refractivity contribution is -0.456. The quantitative estimate of drug-likeness (QED) is 0.291. The molecule has 0 unspecified atom stereocenters. The number of aromatic nitrogens is 1. The number of morpholine rings is 1. The molecule has 2 aliphatic heterocycles. The van der Waals surface area contributed by atoms with Gasteiger partial charge in [-0.1, -0.05) is 0 Å². The van der Waals surface area contributed by atoms with Crippen molar-refractivity contribution < 1.29 is 18.3 Å². The van der Waals surface area contributed by atoms with Crippen molar-refractivity contribution in [2.45, 2.75) is 31.6 Å². The van der Waals surface area contributed by atoms with Crippen LogP contribution in [-0.4, -0.2) is 68.9 Å². The highest BCUT2D eigenvalue weighted by molar-refractivity contribution is 7.89. The van der Waals surface area contributed by atoms with E-state index in [0.717, 1.165) is 54.3 Å². The lowest BCUT2D eigenvalue weighted by Gasteiger charge is -2.28. The summed E-state index contributed by atoms with van der Waals surface area (Å²) < 4.78 is 35.7. The molecule has 0 atom stereocenters. The molecule has 1 aromatic carbocycles. The van der Waals surface area contributed by atoms with Crippen LogP contribution in [0.15, 0.2) is 34.3 Å². The Balaban J connectivity index is 1.82. The minimum atomic E-state index is -3.62. The van der Waals surface area contributed by atoms with Crippen molar-refractivity contribution in [3.8, 4) is 5.69 Å². The molecule has 2 aliphatic rings. The molecule has 3 heterocycles. The molecule has 1 aromatic heterocycles. The van der Waals surface area contributed by atoms with Crippen LogP contribution in [0.3, 0.4) is 0 Å². The van der Waals surface area contributed by atoms with Crippen LogP contribution in [0, 0.1) is 13.8 Å². The van der Waals surface area contributed by atoms with E-state index < -0.39 is 10.0 Å². The van der Waals surface area contributed by atoms with E-state index in [2.05, 4.69) is 19.7 Å². The van der Waals surface area contributed by atoms with Gasteiger partial charge in [0.2, 0.25) is 16.2 Å². The summed E-state index contributed by atoms with van der Waals surface area (Å²) in [6, 6.07) is 7.48. The zero-order valence-electron chi connectivity index (χ0n) is 19.1. The number of hydrogen-bond acceptors (Lipinski definition) is 5. The van der Waals surface area contributed by atoms with Crippen LogP contribution >= 0.6 is 0 Å². The monoisotopic (exact) mass is 474 g/mol. The first kappa shape index (κ1) is 23.3. The summed E-state index contributed by atoms with van der Waals surface area (Å²) in [7, 11) is -3.62. The Morgan fingerprint density at radius 1 is 1.06 bits per heavy atom. The molecular formula is C22H32N7O3S+. The van der Waals surface area contributed by atoms with Crippen LogP contribution in [0.5, 0.6) is 0 Å². The largest absolute Gasteiger partial charge is 0.379 e. The van der Waals surface area contributed by atoms with Crippen molar-refractivity contribution >= 4 is 27.9 Å². The molecule has 0 bridgehead atoms. The van der Waals surface area contributed by atoms with E-state index in [1.807, 2.05) is 26.0 Å². The van der Waals surface area contributed by atoms with Gasteiger partial charge in [-0.2, -0.15) is 4.31 Å². The number of nitrogens with two attached hydrogens (primary N) is 2. The fourth-order valence-electron chi connectivity index (χ4n) is 4.49. The number of benzene rings is 1. The molecule has 0 amide bonds. The predicted molar refractivity (Wildman–Crippen MR) is 128 cm³/mol. The van der Waals surface area contributed by atoms with Gasteiger partial charge in [-0.05, 0) is 51.0 Å². The second-order valence-electron chi connectivity index (χ2n) is 8.33. The smallest absolute Gasteiger partial charge is 0.256 e. The molecule has 11 heteroatoms. The van der Waals surface area contributed by atoms with Crippen LogP contribution in [0.25, 0.3) is 5.69 Å². The van der Waals surface area contributed by atoms with Gasteiger partial charge in [-0.3, -0.25) is 0 Å². The maximum atomic E-state index is 13.4. The highest BCUT2D eigenvalue weighted by atomic mass is 32.2. The van der Waals surface area contributed by atoms with E-state index in [-0.39, 0.29) is 5.96 Å². The van der Waals surface area contributed by atoms with Gasteiger partial charge in [0.05, 0.1) is 35.0 Å². The van der Waals surface area contributed by atoms with Gasteiger partial charge >= 0.3 is 0 Å². The summed E-state index contributed by atoms with van der Waals surface area (Å²) in [5.41, 5.74) is 15.5. The fraction of sp³-hybridized carbons (Fsp3) is 0.455. The van der Waals surface area contributed by atoms with Crippen LogP contribution in [0.4, 0.5) is 5.69 Å². The number of aryl methyl sites for hydroxylation is 1. The summed E-state index contributed by atoms with van der Waals surface area (Å²) in [6.45, 7) is 7.45. The highest BCUT2D eigenvalue weighted by Gasteiger charge is 2.29. The number of ether oxygens (including phenoxy) is 1. The highest BCUT2D eigenvalue weighted by Crippen LogP contribution is 2.33. The van der Waals surface area contributed by atoms with Crippen molar-refractivity contribution in [2.24, 2.45) is 16.6 Å². The molecular weight excluding hydrogens is 442 g/mol. The molecule has 5 N–H and O–H groups in total. The first-order chi connectivity index (χ1) is 15.8. The number of nitrogens with zero attached hydrogens (tertiary/aromatic N) is 4. The van der Waals surface area contributed by atoms with Crippen molar-refractivity contribution in [3.05, 3.63) is 41.2 Å². The van der Waals surface area contributed by atoms with Crippen molar-refractivity contribution in [2.75, 3.05) is 44.3 Å². The molecule has 178 valence electrons. The lowest BCUT2D eigenvalue weighted by Crippen LogP contribution is -2.63. The van der Waals surface area contributed by atoms with E-state index in [1.165, 1.54) is 4.31 Å². The molecule has 10 nitrogen and oxygen atoms in total. The Bertz CT molecular complexity index is 1170. The molecule has 0 aliphatic carbocycles. The first-order valence-corrected chi connectivity index (χ1v) is 12.6. The normalized spacial score (nSPS) is 17.7. The van der Waals surface area contributed by atoms with E-state index in [9.17, 15) is 8.42 Å². The lowest BCUT2D eigenvalue weighted by atomic mass is 10.2. The molecule has 2 saturated heterocycles. The van der Waals surface area contributed by atoms with Crippen LogP contribution in [0.1, 0.15) is 29.8 Å². The summed E-state index contributed by atoms with van der Waals surface area (Å²) in [6.07, 6.45) is 3.97. The van der Waals surface area contributed by atoms with Gasteiger partial charge in [-0.25, -0.2) is 8.42 Å². The van der Waals surface area contributed by atoms with Crippen LogP contribution < -0.4 is 21.5 Å². The number of guanidine groups is 1. The number of anilines is 1. The molecule has 4 rings (SSSR count). The fourth-order valence-corrected chi connectivity index (χ4v) is 5.91. The second-order valence-corrected chi connectivity index (χ2v) is 10.3. The van der Waals surface area contributed by atoms with E-state index in [1.54, 1.807) is 18.3 Å². The first-order valence-electron chi connectivity index (χ1n) is 11.1. The predicted octanol–water partition coefficient (Wildman–Crippen LogP) is -0.597. The van der Waals surface area contributed by atoms with E-state index >= 15 is 0 Å². The number of nitrogens with one attached hydrogen (secondary N) is 1. The number of hydrazone groups is 1. The molecule has 2 aromatic rings. The molecule has 2 fully saturated rings. The molecule has 0 radical (unpaired) electrons. The van der Waals surface area contributed by atoms with Gasteiger partial charge in [0, 0.05) is 42.7 Å². The van der Waals surface area contributed by atoms with Gasteiger partial charge in [0.15, 0.2) is 0 Å². The summed E-state index contributed by atoms with van der Waals surface area (Å²) in [4.78, 5) is 2.61. The summed E-state index contributed by atoms with van der Waals surface area (Å²) >= 11 is 0. The van der Waals surface area contributed by atoms with Crippen LogP contribution in [-0.2, 0) is 14.8 Å². The van der Waals surface area contributed by atoms with Gasteiger partial charge in [0.1, 0.15) is 0 Å². The Morgan fingerprint density at radius 2 is 1.76 bits per heavy atom. The van der Waals surface area contributed by atoms with Crippen molar-refractivity contribution in [3.63, 3.8) is 0 Å². The number of hydrogen-bond donors (Lipinski definition) is 3. The summed E-state index contributed by atoms with van der Waals surface area (Å²) in [5.74, 6) is -0.0580. The third-order valence-corrected chi connectivity index (χ3v) is 8.02. The molecule has 0 spiro atoms. The van der Waals surface area contributed by atoms with Crippen molar-refractivity contribution in [1.29, 1.82) is 0 Å². The van der Waals surface area contributed by atoms with Crippen molar-refractivity contribution in [1.82, 2.24) is 8.87 Å². The maximum absolute atomic E-state index is 13.4. The maximum Gasteiger partial charge on any atom is 0.256 e. The Labute approximate surface area is 194 Å². The minimum Gasteiger partial charge on any atom is -0.379 e. The average molecular weight is 475 g/mol. The Kier molecular flexibility index (Phi) is 6.73. The van der Waals surface area contributed by atoms with E-state index in [4.69, 9.17) is 16.2 Å². The Morgan fingerprint density at radius 3 is 2.42 bits per heavy atom. The van der Waals surface area contributed by atoms with Crippen LogP contribution in [0.2, 0.25) is 0 Å². The van der Waals surface area contributed by atoms with E-state index in [0.29, 0.717) is 31.2 Å². The third-order valence-electron chi connectivity index (χ3n) is 6.13. The minimum absolute atomic E-state index is 0.0580.